The minimum atomic E-state index is 0.562. The zero-order valence-corrected chi connectivity index (χ0v) is 14.6. The molecule has 0 aromatic rings. The smallest absolute Gasteiger partial charge is 0.191 e. The summed E-state index contributed by atoms with van der Waals surface area (Å²) in [6.07, 6.45) is 4.56. The first-order chi connectivity index (χ1) is 9.56. The zero-order chi connectivity index (χ0) is 15.0. The van der Waals surface area contributed by atoms with Gasteiger partial charge in [0.05, 0.1) is 6.54 Å². The van der Waals surface area contributed by atoms with E-state index in [0.29, 0.717) is 17.3 Å². The normalized spacial score (nSPS) is 20.2. The highest BCUT2D eigenvalue weighted by atomic mass is 32.2. The first-order valence-corrected chi connectivity index (χ1v) is 9.17. The summed E-state index contributed by atoms with van der Waals surface area (Å²) in [5.41, 5.74) is 0. The van der Waals surface area contributed by atoms with Crippen molar-refractivity contribution in [2.24, 2.45) is 4.99 Å². The number of hydrogen-bond donors (Lipinski definition) is 2. The van der Waals surface area contributed by atoms with Crippen LogP contribution in [0.5, 0.6) is 0 Å². The standard InChI is InChI=1S/C15H32N4S/c1-6-16-15(17-11-13(4)20-5)18-14-7-9-19(10-8-14)12(2)3/h12-14H,6-11H2,1-5H3,(H2,16,17,18). The zero-order valence-electron chi connectivity index (χ0n) is 13.8. The largest absolute Gasteiger partial charge is 0.357 e. The van der Waals surface area contributed by atoms with Gasteiger partial charge in [0.15, 0.2) is 5.96 Å². The van der Waals surface area contributed by atoms with Gasteiger partial charge < -0.3 is 15.5 Å². The van der Waals surface area contributed by atoms with Crippen LogP contribution in [0.1, 0.15) is 40.5 Å². The Hall–Kier alpha value is -0.420. The van der Waals surface area contributed by atoms with Crippen LogP contribution < -0.4 is 10.6 Å². The quantitative estimate of drug-likeness (QED) is 0.582. The molecule has 0 aliphatic carbocycles. The first kappa shape index (κ1) is 17.6. The minimum absolute atomic E-state index is 0.562. The molecule has 1 unspecified atom stereocenters. The van der Waals surface area contributed by atoms with Crippen LogP contribution in [0.15, 0.2) is 4.99 Å². The lowest BCUT2D eigenvalue weighted by Crippen LogP contribution is -2.50. The van der Waals surface area contributed by atoms with Crippen molar-refractivity contribution in [2.75, 3.05) is 32.4 Å². The average Bonchev–Trinajstić information content (AvgIpc) is 2.45. The van der Waals surface area contributed by atoms with Crippen molar-refractivity contribution in [3.8, 4) is 0 Å². The molecule has 0 spiro atoms. The number of hydrogen-bond acceptors (Lipinski definition) is 3. The van der Waals surface area contributed by atoms with Crippen LogP contribution in [0.25, 0.3) is 0 Å². The van der Waals surface area contributed by atoms with Gasteiger partial charge in [-0.3, -0.25) is 4.99 Å². The Labute approximate surface area is 129 Å². The van der Waals surface area contributed by atoms with Gasteiger partial charge in [-0.1, -0.05) is 6.92 Å². The number of nitrogens with zero attached hydrogens (tertiary/aromatic N) is 2. The maximum atomic E-state index is 4.69. The van der Waals surface area contributed by atoms with Crippen LogP contribution in [0, 0.1) is 0 Å². The molecule has 1 fully saturated rings. The van der Waals surface area contributed by atoms with E-state index in [4.69, 9.17) is 4.99 Å². The van der Waals surface area contributed by atoms with Crippen LogP contribution in [0.3, 0.4) is 0 Å². The Balaban J connectivity index is 2.42. The number of thioether (sulfide) groups is 1. The van der Waals surface area contributed by atoms with Crippen molar-refractivity contribution in [1.82, 2.24) is 15.5 Å². The molecule has 118 valence electrons. The van der Waals surface area contributed by atoms with Gasteiger partial charge in [-0.05, 0) is 39.9 Å². The molecule has 1 aliphatic rings. The van der Waals surface area contributed by atoms with Gasteiger partial charge >= 0.3 is 0 Å². The van der Waals surface area contributed by atoms with E-state index in [-0.39, 0.29) is 0 Å². The molecule has 1 atom stereocenters. The van der Waals surface area contributed by atoms with Crippen molar-refractivity contribution in [2.45, 2.75) is 57.9 Å². The Morgan fingerprint density at radius 2 is 1.95 bits per heavy atom. The number of nitrogens with one attached hydrogen (secondary N) is 2. The number of likely N-dealkylation sites (tertiary alicyclic amines) is 1. The molecular weight excluding hydrogens is 268 g/mol. The van der Waals surface area contributed by atoms with Gasteiger partial charge in [-0.15, -0.1) is 0 Å². The monoisotopic (exact) mass is 300 g/mol. The molecule has 2 N–H and O–H groups in total. The lowest BCUT2D eigenvalue weighted by molar-refractivity contribution is 0.167. The van der Waals surface area contributed by atoms with E-state index in [1.807, 2.05) is 11.8 Å². The van der Waals surface area contributed by atoms with Gasteiger partial charge in [0.2, 0.25) is 0 Å². The maximum absolute atomic E-state index is 4.69. The molecule has 20 heavy (non-hydrogen) atoms. The molecular formula is C15H32N4S. The lowest BCUT2D eigenvalue weighted by atomic mass is 10.0. The molecule has 1 saturated heterocycles. The number of aliphatic imine (C=N–C) groups is 1. The van der Waals surface area contributed by atoms with Crippen molar-refractivity contribution in [3.63, 3.8) is 0 Å². The lowest BCUT2D eigenvalue weighted by Gasteiger charge is -2.35. The van der Waals surface area contributed by atoms with Crippen molar-refractivity contribution in [1.29, 1.82) is 0 Å². The van der Waals surface area contributed by atoms with E-state index < -0.39 is 0 Å². The highest BCUT2D eigenvalue weighted by Crippen LogP contribution is 2.13. The molecule has 4 nitrogen and oxygen atoms in total. The van der Waals surface area contributed by atoms with E-state index >= 15 is 0 Å². The van der Waals surface area contributed by atoms with Gasteiger partial charge in [0.25, 0.3) is 0 Å². The summed E-state index contributed by atoms with van der Waals surface area (Å²) in [7, 11) is 0. The molecule has 1 heterocycles. The van der Waals surface area contributed by atoms with Gasteiger partial charge in [0, 0.05) is 37.0 Å². The van der Waals surface area contributed by atoms with Gasteiger partial charge in [-0.2, -0.15) is 11.8 Å². The highest BCUT2D eigenvalue weighted by Gasteiger charge is 2.21. The molecule has 0 aromatic heterocycles. The topological polar surface area (TPSA) is 39.7 Å². The predicted octanol–water partition coefficient (Wildman–Crippen LogP) is 2.17. The van der Waals surface area contributed by atoms with E-state index in [0.717, 1.165) is 19.0 Å². The van der Waals surface area contributed by atoms with E-state index in [1.165, 1.54) is 25.9 Å². The summed E-state index contributed by atoms with van der Waals surface area (Å²) in [5.74, 6) is 0.983. The van der Waals surface area contributed by atoms with Gasteiger partial charge in [-0.25, -0.2) is 0 Å². The van der Waals surface area contributed by atoms with Crippen LogP contribution in [-0.4, -0.2) is 60.6 Å². The Morgan fingerprint density at radius 1 is 1.30 bits per heavy atom. The molecule has 0 aromatic carbocycles. The molecule has 0 radical (unpaired) electrons. The van der Waals surface area contributed by atoms with E-state index in [9.17, 15) is 0 Å². The molecule has 0 saturated carbocycles. The fraction of sp³-hybridized carbons (Fsp3) is 0.933. The van der Waals surface area contributed by atoms with Crippen molar-refractivity contribution >= 4 is 17.7 Å². The summed E-state index contributed by atoms with van der Waals surface area (Å²) >= 11 is 1.87. The fourth-order valence-electron chi connectivity index (χ4n) is 2.37. The number of rotatable bonds is 6. The third-order valence-corrected chi connectivity index (χ3v) is 4.81. The second kappa shape index (κ2) is 9.50. The Kier molecular flexibility index (Phi) is 8.38. The molecule has 0 bridgehead atoms. The summed E-state index contributed by atoms with van der Waals surface area (Å²) < 4.78 is 0. The van der Waals surface area contributed by atoms with Crippen LogP contribution in [0.2, 0.25) is 0 Å². The highest BCUT2D eigenvalue weighted by molar-refractivity contribution is 7.99. The maximum Gasteiger partial charge on any atom is 0.191 e. The Bertz CT molecular complexity index is 286. The third-order valence-electron chi connectivity index (χ3n) is 3.85. The number of piperidine rings is 1. The summed E-state index contributed by atoms with van der Waals surface area (Å²) in [6.45, 7) is 13.1. The van der Waals surface area contributed by atoms with E-state index in [1.54, 1.807) is 0 Å². The predicted molar refractivity (Wildman–Crippen MR) is 91.8 cm³/mol. The van der Waals surface area contributed by atoms with Crippen molar-refractivity contribution < 1.29 is 0 Å². The average molecular weight is 301 g/mol. The van der Waals surface area contributed by atoms with Gasteiger partial charge in [0.1, 0.15) is 0 Å². The van der Waals surface area contributed by atoms with Crippen LogP contribution >= 0.6 is 11.8 Å². The summed E-state index contributed by atoms with van der Waals surface area (Å²) in [4.78, 5) is 7.25. The van der Waals surface area contributed by atoms with Crippen LogP contribution in [-0.2, 0) is 0 Å². The second-order valence-corrected chi connectivity index (χ2v) is 7.09. The number of guanidine groups is 1. The van der Waals surface area contributed by atoms with Crippen molar-refractivity contribution in [3.05, 3.63) is 0 Å². The first-order valence-electron chi connectivity index (χ1n) is 7.88. The molecule has 1 aliphatic heterocycles. The molecule has 5 heteroatoms. The summed E-state index contributed by atoms with van der Waals surface area (Å²) in [5, 5.41) is 7.54. The van der Waals surface area contributed by atoms with Crippen LogP contribution in [0.4, 0.5) is 0 Å². The SMILES string of the molecule is CCNC(=NCC(C)SC)NC1CCN(C(C)C)CC1. The summed E-state index contributed by atoms with van der Waals surface area (Å²) in [6, 6.07) is 1.23. The fourth-order valence-corrected chi connectivity index (χ4v) is 2.59. The van der Waals surface area contributed by atoms with E-state index in [2.05, 4.69) is 49.5 Å². The third kappa shape index (κ3) is 6.35. The second-order valence-electron chi connectivity index (χ2n) is 5.81. The minimum Gasteiger partial charge on any atom is -0.357 e. The Morgan fingerprint density at radius 3 is 2.45 bits per heavy atom. The molecule has 0 amide bonds. The molecule has 1 rings (SSSR count).